The van der Waals surface area contributed by atoms with E-state index in [4.69, 9.17) is 21.1 Å². The number of hydrogen-bond donors (Lipinski definition) is 0. The summed E-state index contributed by atoms with van der Waals surface area (Å²) >= 11 is 9.91. The van der Waals surface area contributed by atoms with Gasteiger partial charge in [-0.15, -0.1) is 0 Å². The van der Waals surface area contributed by atoms with Crippen molar-refractivity contribution in [3.8, 4) is 11.5 Å². The summed E-state index contributed by atoms with van der Waals surface area (Å²) in [6.07, 6.45) is 2.42. The van der Waals surface area contributed by atoms with Gasteiger partial charge in [-0.2, -0.15) is 0 Å². The summed E-state index contributed by atoms with van der Waals surface area (Å²) in [4.78, 5) is 0. The standard InChI is InChI=1S/C17H16BrClO2/c1-3-8-21-16-11-14(18)10-13(17(16)19)9-12-4-6-15(20-2)7-5-12/h3-7,10-11H,1,8-9H2,2H3. The molecule has 0 unspecified atom stereocenters. The van der Waals surface area contributed by atoms with Crippen LogP contribution in [0.25, 0.3) is 0 Å². The molecule has 0 bridgehead atoms. The van der Waals surface area contributed by atoms with Crippen LogP contribution >= 0.6 is 27.5 Å². The van der Waals surface area contributed by atoms with Crippen LogP contribution in [-0.2, 0) is 6.42 Å². The van der Waals surface area contributed by atoms with E-state index in [2.05, 4.69) is 22.5 Å². The highest BCUT2D eigenvalue weighted by Crippen LogP contribution is 2.33. The van der Waals surface area contributed by atoms with Crippen LogP contribution in [0.2, 0.25) is 5.02 Å². The molecule has 2 aromatic carbocycles. The first-order chi connectivity index (χ1) is 10.1. The van der Waals surface area contributed by atoms with Gasteiger partial charge in [0.1, 0.15) is 18.1 Å². The monoisotopic (exact) mass is 366 g/mol. The van der Waals surface area contributed by atoms with Crippen LogP contribution in [0, 0.1) is 0 Å². The molecule has 0 N–H and O–H groups in total. The van der Waals surface area contributed by atoms with E-state index in [1.54, 1.807) is 13.2 Å². The molecule has 0 aliphatic rings. The fraction of sp³-hybridized carbons (Fsp3) is 0.176. The number of methoxy groups -OCH3 is 1. The number of benzene rings is 2. The Balaban J connectivity index is 2.25. The number of rotatable bonds is 6. The lowest BCUT2D eigenvalue weighted by molar-refractivity contribution is 0.363. The number of hydrogen-bond acceptors (Lipinski definition) is 2. The van der Waals surface area contributed by atoms with Crippen molar-refractivity contribution in [1.82, 2.24) is 0 Å². The Morgan fingerprint density at radius 1 is 1.24 bits per heavy atom. The van der Waals surface area contributed by atoms with Gasteiger partial charge in [-0.05, 0) is 41.8 Å². The highest BCUT2D eigenvalue weighted by Gasteiger charge is 2.10. The van der Waals surface area contributed by atoms with Crippen LogP contribution in [0.1, 0.15) is 11.1 Å². The van der Waals surface area contributed by atoms with E-state index in [1.807, 2.05) is 36.4 Å². The molecular formula is C17H16BrClO2. The first kappa shape index (κ1) is 15.9. The Kier molecular flexibility index (Phi) is 5.71. The minimum Gasteiger partial charge on any atom is -0.497 e. The maximum atomic E-state index is 6.42. The summed E-state index contributed by atoms with van der Waals surface area (Å²) in [5, 5.41) is 0.635. The largest absolute Gasteiger partial charge is 0.497 e. The van der Waals surface area contributed by atoms with E-state index in [9.17, 15) is 0 Å². The normalized spacial score (nSPS) is 10.2. The van der Waals surface area contributed by atoms with E-state index in [1.165, 1.54) is 0 Å². The molecule has 0 aliphatic heterocycles. The second-order valence-electron chi connectivity index (χ2n) is 4.50. The highest BCUT2D eigenvalue weighted by atomic mass is 79.9. The average molecular weight is 368 g/mol. The van der Waals surface area contributed by atoms with Crippen LogP contribution in [0.5, 0.6) is 11.5 Å². The van der Waals surface area contributed by atoms with E-state index in [0.717, 1.165) is 27.8 Å². The summed E-state index contributed by atoms with van der Waals surface area (Å²) in [5.41, 5.74) is 2.17. The van der Waals surface area contributed by atoms with Crippen molar-refractivity contribution < 1.29 is 9.47 Å². The van der Waals surface area contributed by atoms with Gasteiger partial charge in [-0.25, -0.2) is 0 Å². The SMILES string of the molecule is C=CCOc1cc(Br)cc(Cc2ccc(OC)cc2)c1Cl. The van der Waals surface area contributed by atoms with E-state index in [-0.39, 0.29) is 0 Å². The summed E-state index contributed by atoms with van der Waals surface area (Å²) < 4.78 is 11.7. The van der Waals surface area contributed by atoms with E-state index >= 15 is 0 Å². The third-order valence-electron chi connectivity index (χ3n) is 2.99. The van der Waals surface area contributed by atoms with E-state index < -0.39 is 0 Å². The van der Waals surface area contributed by atoms with Crippen LogP contribution in [0.4, 0.5) is 0 Å². The zero-order valence-corrected chi connectivity index (χ0v) is 14.1. The summed E-state index contributed by atoms with van der Waals surface area (Å²) in [6, 6.07) is 11.8. The van der Waals surface area contributed by atoms with Gasteiger partial charge < -0.3 is 9.47 Å². The Labute approximate surface area is 138 Å². The molecular weight excluding hydrogens is 352 g/mol. The lowest BCUT2D eigenvalue weighted by Crippen LogP contribution is -1.97. The van der Waals surface area contributed by atoms with Crippen molar-refractivity contribution in [3.63, 3.8) is 0 Å². The number of halogens is 2. The van der Waals surface area contributed by atoms with E-state index in [0.29, 0.717) is 17.4 Å². The van der Waals surface area contributed by atoms with Gasteiger partial charge in [0.2, 0.25) is 0 Å². The minimum absolute atomic E-state index is 0.429. The average Bonchev–Trinajstić information content (AvgIpc) is 2.50. The van der Waals surface area contributed by atoms with Gasteiger partial charge in [0.05, 0.1) is 12.1 Å². The third-order valence-corrected chi connectivity index (χ3v) is 3.88. The van der Waals surface area contributed by atoms with Crippen molar-refractivity contribution >= 4 is 27.5 Å². The molecule has 110 valence electrons. The van der Waals surface area contributed by atoms with Gasteiger partial charge in [0.15, 0.2) is 0 Å². The van der Waals surface area contributed by atoms with Crippen molar-refractivity contribution in [3.05, 3.63) is 69.7 Å². The van der Waals surface area contributed by atoms with Crippen LogP contribution in [0.15, 0.2) is 53.5 Å². The maximum Gasteiger partial charge on any atom is 0.139 e. The van der Waals surface area contributed by atoms with Gasteiger partial charge in [0, 0.05) is 4.47 Å². The van der Waals surface area contributed by atoms with Crippen molar-refractivity contribution in [2.45, 2.75) is 6.42 Å². The molecule has 0 aromatic heterocycles. The first-order valence-corrected chi connectivity index (χ1v) is 7.65. The van der Waals surface area contributed by atoms with Gasteiger partial charge in [-0.1, -0.05) is 52.3 Å². The van der Waals surface area contributed by atoms with Crippen molar-refractivity contribution in [1.29, 1.82) is 0 Å². The van der Waals surface area contributed by atoms with Crippen LogP contribution in [0.3, 0.4) is 0 Å². The molecule has 0 saturated carbocycles. The molecule has 4 heteroatoms. The lowest BCUT2D eigenvalue weighted by Gasteiger charge is -2.12. The molecule has 2 nitrogen and oxygen atoms in total. The fourth-order valence-corrected chi connectivity index (χ4v) is 2.68. The summed E-state index contributed by atoms with van der Waals surface area (Å²) in [5.74, 6) is 1.50. The molecule has 0 spiro atoms. The molecule has 2 rings (SSSR count). The molecule has 0 saturated heterocycles. The summed E-state index contributed by atoms with van der Waals surface area (Å²) in [7, 11) is 1.66. The van der Waals surface area contributed by atoms with Crippen molar-refractivity contribution in [2.24, 2.45) is 0 Å². The van der Waals surface area contributed by atoms with Crippen LogP contribution < -0.4 is 9.47 Å². The third kappa shape index (κ3) is 4.26. The maximum absolute atomic E-state index is 6.42. The molecule has 0 amide bonds. The molecule has 0 atom stereocenters. The smallest absolute Gasteiger partial charge is 0.139 e. The Morgan fingerprint density at radius 3 is 2.57 bits per heavy atom. The zero-order chi connectivity index (χ0) is 15.2. The Bertz CT molecular complexity index is 623. The molecule has 0 radical (unpaired) electrons. The van der Waals surface area contributed by atoms with Gasteiger partial charge in [-0.3, -0.25) is 0 Å². The molecule has 0 aliphatic carbocycles. The molecule has 0 heterocycles. The predicted molar refractivity (Wildman–Crippen MR) is 90.6 cm³/mol. The first-order valence-electron chi connectivity index (χ1n) is 6.48. The molecule has 0 fully saturated rings. The topological polar surface area (TPSA) is 18.5 Å². The predicted octanol–water partition coefficient (Wildman–Crippen LogP) is 5.27. The second kappa shape index (κ2) is 7.53. The summed E-state index contributed by atoms with van der Waals surface area (Å²) in [6.45, 7) is 4.07. The number of ether oxygens (including phenoxy) is 2. The minimum atomic E-state index is 0.429. The quantitative estimate of drug-likeness (QED) is 0.648. The Hall–Kier alpha value is -1.45. The fourth-order valence-electron chi connectivity index (χ4n) is 1.96. The van der Waals surface area contributed by atoms with Crippen LogP contribution in [-0.4, -0.2) is 13.7 Å². The van der Waals surface area contributed by atoms with Gasteiger partial charge >= 0.3 is 0 Å². The van der Waals surface area contributed by atoms with Gasteiger partial charge in [0.25, 0.3) is 0 Å². The van der Waals surface area contributed by atoms with Crippen molar-refractivity contribution in [2.75, 3.05) is 13.7 Å². The second-order valence-corrected chi connectivity index (χ2v) is 5.80. The highest BCUT2D eigenvalue weighted by molar-refractivity contribution is 9.10. The lowest BCUT2D eigenvalue weighted by atomic mass is 10.0. The Morgan fingerprint density at radius 2 is 1.95 bits per heavy atom. The molecule has 21 heavy (non-hydrogen) atoms. The zero-order valence-electron chi connectivity index (χ0n) is 11.7. The molecule has 2 aromatic rings.